The van der Waals surface area contributed by atoms with Gasteiger partial charge in [0.2, 0.25) is 0 Å². The lowest BCUT2D eigenvalue weighted by Gasteiger charge is -2.47. The van der Waals surface area contributed by atoms with E-state index in [0.717, 1.165) is 19.5 Å². The van der Waals surface area contributed by atoms with Crippen molar-refractivity contribution in [2.24, 2.45) is 5.41 Å². The number of hydrogen-bond donors (Lipinski definition) is 1. The largest absolute Gasteiger partial charge is 0.375 e. The molecule has 1 atom stereocenters. The molecule has 3 heteroatoms. The molecule has 23 heavy (non-hydrogen) atoms. The van der Waals surface area contributed by atoms with Gasteiger partial charge in [0.15, 0.2) is 0 Å². The van der Waals surface area contributed by atoms with Crippen molar-refractivity contribution in [2.45, 2.75) is 65.1 Å². The Morgan fingerprint density at radius 3 is 2.61 bits per heavy atom. The van der Waals surface area contributed by atoms with Gasteiger partial charge in [0.05, 0.1) is 18.0 Å². The number of nitrogens with zero attached hydrogens (tertiary/aromatic N) is 1. The van der Waals surface area contributed by atoms with Crippen molar-refractivity contribution in [3.05, 3.63) is 36.5 Å². The molecule has 1 saturated carbocycles. The fraction of sp³-hybridized carbons (Fsp3) is 0.650. The van der Waals surface area contributed by atoms with Crippen molar-refractivity contribution in [3.8, 4) is 0 Å². The van der Waals surface area contributed by atoms with E-state index >= 15 is 0 Å². The summed E-state index contributed by atoms with van der Waals surface area (Å²) in [6.07, 6.45) is 14.5. The van der Waals surface area contributed by atoms with Gasteiger partial charge in [0, 0.05) is 13.1 Å². The molecule has 0 aromatic carbocycles. The molecular weight excluding hydrogens is 284 g/mol. The maximum Gasteiger partial charge on any atom is 0.0925 e. The minimum absolute atomic E-state index is 0.282. The summed E-state index contributed by atoms with van der Waals surface area (Å²) in [4.78, 5) is 2.21. The Hall–Kier alpha value is -1.35. The molecule has 1 aliphatic carbocycles. The van der Waals surface area contributed by atoms with Crippen LogP contribution in [0.2, 0.25) is 0 Å². The predicted octanol–water partition coefficient (Wildman–Crippen LogP) is 4.71. The van der Waals surface area contributed by atoms with E-state index in [2.05, 4.69) is 37.5 Å². The predicted molar refractivity (Wildman–Crippen MR) is 97.9 cm³/mol. The topological polar surface area (TPSA) is 36.3 Å². The van der Waals surface area contributed by atoms with Crippen molar-refractivity contribution in [2.75, 3.05) is 13.1 Å². The second kappa shape index (κ2) is 7.96. The number of ether oxygens (including phenoxy) is 1. The summed E-state index contributed by atoms with van der Waals surface area (Å²) in [6.45, 7) is 11.9. The van der Waals surface area contributed by atoms with Gasteiger partial charge in [-0.05, 0) is 58.3 Å². The van der Waals surface area contributed by atoms with Crippen LogP contribution in [0.1, 0.15) is 52.9 Å². The summed E-state index contributed by atoms with van der Waals surface area (Å²) in [6, 6.07) is 0. The molecule has 0 radical (unpaired) electrons. The standard InChI is InChI=1S/C20H32N2O/c1-5-6-7-8-18-13-19(23-16(2)3)15-20(14-18)9-11-22(12-10-20)17(4)21/h5-8,16,19,21H,1,9-15H2,2-4H3/b7-6-,18-8+,21-17?. The molecule has 2 fully saturated rings. The number of allylic oxidation sites excluding steroid dienone is 4. The number of amidine groups is 1. The highest BCUT2D eigenvalue weighted by Crippen LogP contribution is 2.47. The summed E-state index contributed by atoms with van der Waals surface area (Å²) in [5, 5.41) is 7.85. The lowest BCUT2D eigenvalue weighted by Crippen LogP contribution is -2.45. The Kier molecular flexibility index (Phi) is 6.23. The SMILES string of the molecule is C=C/C=C\C=C1/CC(OC(C)C)CC2(CCN(C(C)=N)CC2)C1. The van der Waals surface area contributed by atoms with E-state index in [0.29, 0.717) is 17.4 Å². The maximum atomic E-state index is 7.85. The monoisotopic (exact) mass is 316 g/mol. The molecule has 0 aromatic rings. The number of rotatable bonds is 4. The van der Waals surface area contributed by atoms with Gasteiger partial charge in [-0.2, -0.15) is 0 Å². The van der Waals surface area contributed by atoms with Crippen molar-refractivity contribution in [1.82, 2.24) is 4.90 Å². The lowest BCUT2D eigenvalue weighted by molar-refractivity contribution is -0.0443. The molecule has 0 bridgehead atoms. The summed E-state index contributed by atoms with van der Waals surface area (Å²) < 4.78 is 6.19. The Balaban J connectivity index is 2.11. The smallest absolute Gasteiger partial charge is 0.0925 e. The molecule has 3 nitrogen and oxygen atoms in total. The van der Waals surface area contributed by atoms with Crippen LogP contribution in [0.15, 0.2) is 36.5 Å². The Labute approximate surface area is 141 Å². The highest BCUT2D eigenvalue weighted by atomic mass is 16.5. The molecule has 2 rings (SSSR count). The molecule has 0 amide bonds. The van der Waals surface area contributed by atoms with E-state index < -0.39 is 0 Å². The first-order valence-corrected chi connectivity index (χ1v) is 8.87. The van der Waals surface area contributed by atoms with Crippen LogP contribution in [0.3, 0.4) is 0 Å². The van der Waals surface area contributed by atoms with Crippen LogP contribution in [0, 0.1) is 10.8 Å². The van der Waals surface area contributed by atoms with E-state index in [-0.39, 0.29) is 6.10 Å². The third-order valence-corrected chi connectivity index (χ3v) is 5.09. The van der Waals surface area contributed by atoms with Crippen molar-refractivity contribution in [3.63, 3.8) is 0 Å². The van der Waals surface area contributed by atoms with E-state index in [1.807, 2.05) is 19.1 Å². The van der Waals surface area contributed by atoms with Crippen LogP contribution in [0.5, 0.6) is 0 Å². The first-order valence-electron chi connectivity index (χ1n) is 8.87. The lowest BCUT2D eigenvalue weighted by atomic mass is 9.65. The zero-order chi connectivity index (χ0) is 16.9. The van der Waals surface area contributed by atoms with Gasteiger partial charge in [0.1, 0.15) is 0 Å². The van der Waals surface area contributed by atoms with Crippen LogP contribution >= 0.6 is 0 Å². The van der Waals surface area contributed by atoms with E-state index in [9.17, 15) is 0 Å². The molecule has 1 unspecified atom stereocenters. The van der Waals surface area contributed by atoms with Gasteiger partial charge < -0.3 is 9.64 Å². The van der Waals surface area contributed by atoms with Crippen LogP contribution in [0.4, 0.5) is 0 Å². The van der Waals surface area contributed by atoms with Crippen molar-refractivity contribution in [1.29, 1.82) is 5.41 Å². The van der Waals surface area contributed by atoms with Crippen molar-refractivity contribution >= 4 is 5.84 Å². The highest BCUT2D eigenvalue weighted by molar-refractivity contribution is 5.76. The Morgan fingerprint density at radius 1 is 1.35 bits per heavy atom. The van der Waals surface area contributed by atoms with Crippen LogP contribution < -0.4 is 0 Å². The van der Waals surface area contributed by atoms with Gasteiger partial charge >= 0.3 is 0 Å². The minimum atomic E-state index is 0.282. The molecule has 1 saturated heterocycles. The molecule has 1 aliphatic heterocycles. The Morgan fingerprint density at radius 2 is 2.04 bits per heavy atom. The summed E-state index contributed by atoms with van der Waals surface area (Å²) in [5.41, 5.74) is 1.86. The zero-order valence-corrected chi connectivity index (χ0v) is 15.0. The van der Waals surface area contributed by atoms with Gasteiger partial charge in [-0.1, -0.05) is 36.5 Å². The third kappa shape index (κ3) is 5.07. The van der Waals surface area contributed by atoms with Gasteiger partial charge in [-0.3, -0.25) is 5.41 Å². The third-order valence-electron chi connectivity index (χ3n) is 5.09. The van der Waals surface area contributed by atoms with Gasteiger partial charge in [-0.25, -0.2) is 0 Å². The fourth-order valence-electron chi connectivity index (χ4n) is 4.05. The Bertz CT molecular complexity index is 482. The average molecular weight is 316 g/mol. The normalized spacial score (nSPS) is 26.3. The van der Waals surface area contributed by atoms with Crippen molar-refractivity contribution < 1.29 is 4.74 Å². The molecular formula is C20H32N2O. The highest BCUT2D eigenvalue weighted by Gasteiger charge is 2.41. The maximum absolute atomic E-state index is 7.85. The molecule has 1 spiro atoms. The second-order valence-corrected chi connectivity index (χ2v) is 7.41. The molecule has 0 aromatic heterocycles. The summed E-state index contributed by atoms with van der Waals surface area (Å²) >= 11 is 0. The molecule has 1 N–H and O–H groups in total. The van der Waals surface area contributed by atoms with E-state index in [4.69, 9.17) is 10.1 Å². The number of piperidine rings is 1. The number of likely N-dealkylation sites (tertiary alicyclic amines) is 1. The first kappa shape index (κ1) is 18.0. The summed E-state index contributed by atoms with van der Waals surface area (Å²) in [5.74, 6) is 0.704. The molecule has 128 valence electrons. The number of nitrogens with one attached hydrogen (secondary N) is 1. The van der Waals surface area contributed by atoms with Crippen LogP contribution in [-0.2, 0) is 4.74 Å². The summed E-state index contributed by atoms with van der Waals surface area (Å²) in [7, 11) is 0. The van der Waals surface area contributed by atoms with E-state index in [1.54, 1.807) is 0 Å². The molecule has 2 aliphatic rings. The fourth-order valence-corrected chi connectivity index (χ4v) is 4.05. The first-order chi connectivity index (χ1) is 10.9. The second-order valence-electron chi connectivity index (χ2n) is 7.41. The van der Waals surface area contributed by atoms with Crippen LogP contribution in [0.25, 0.3) is 0 Å². The quantitative estimate of drug-likeness (QED) is 0.463. The van der Waals surface area contributed by atoms with Gasteiger partial charge in [0.25, 0.3) is 0 Å². The number of hydrogen-bond acceptors (Lipinski definition) is 2. The zero-order valence-electron chi connectivity index (χ0n) is 15.0. The molecule has 1 heterocycles. The van der Waals surface area contributed by atoms with E-state index in [1.165, 1.54) is 31.3 Å². The van der Waals surface area contributed by atoms with Gasteiger partial charge in [-0.15, -0.1) is 0 Å². The minimum Gasteiger partial charge on any atom is -0.375 e. The average Bonchev–Trinajstić information content (AvgIpc) is 2.47. The van der Waals surface area contributed by atoms with Crippen LogP contribution in [-0.4, -0.2) is 36.0 Å².